The molecule has 1 saturated carbocycles. The number of hydrogen-bond donors (Lipinski definition) is 1. The number of rotatable bonds is 2. The molecule has 0 spiro atoms. The second-order valence-corrected chi connectivity index (χ2v) is 8.93. The summed E-state index contributed by atoms with van der Waals surface area (Å²) in [6.07, 6.45) is 8.98. The molecule has 0 aliphatic heterocycles. The van der Waals surface area contributed by atoms with Crippen LogP contribution in [-0.4, -0.2) is 4.75 Å². The highest BCUT2D eigenvalue weighted by Gasteiger charge is 2.49. The van der Waals surface area contributed by atoms with Gasteiger partial charge in [0.25, 0.3) is 0 Å². The average molecular weight is 293 g/mol. The summed E-state index contributed by atoms with van der Waals surface area (Å²) < 4.78 is 0.219. The van der Waals surface area contributed by atoms with Crippen LogP contribution in [0, 0.1) is 17.3 Å². The van der Waals surface area contributed by atoms with Crippen molar-refractivity contribution < 1.29 is 0 Å². The lowest BCUT2D eigenvalue weighted by atomic mass is 9.55. The molecular formula is C19H32S. The number of allylic oxidation sites excluding steroid dienone is 4. The van der Waals surface area contributed by atoms with Crippen LogP contribution in [0.15, 0.2) is 22.8 Å². The van der Waals surface area contributed by atoms with Gasteiger partial charge in [-0.2, -0.15) is 12.6 Å². The second kappa shape index (κ2) is 5.55. The first-order valence-corrected chi connectivity index (χ1v) is 8.74. The molecule has 114 valence electrons. The molecule has 2 aliphatic rings. The zero-order valence-electron chi connectivity index (χ0n) is 14.2. The molecular weight excluding hydrogens is 260 g/mol. The first kappa shape index (κ1) is 16.2. The van der Waals surface area contributed by atoms with Gasteiger partial charge >= 0.3 is 0 Å². The van der Waals surface area contributed by atoms with Gasteiger partial charge in [0.05, 0.1) is 0 Å². The summed E-state index contributed by atoms with van der Waals surface area (Å²) >= 11 is 5.03. The summed E-state index contributed by atoms with van der Waals surface area (Å²) in [6, 6.07) is 0. The van der Waals surface area contributed by atoms with Crippen molar-refractivity contribution in [1.29, 1.82) is 0 Å². The number of fused-ring (bicyclic) bond motifs is 1. The first-order valence-electron chi connectivity index (χ1n) is 8.29. The molecule has 3 unspecified atom stereocenters. The van der Waals surface area contributed by atoms with Gasteiger partial charge < -0.3 is 0 Å². The summed E-state index contributed by atoms with van der Waals surface area (Å²) in [5.41, 5.74) is 5.15. The van der Waals surface area contributed by atoms with Crippen LogP contribution < -0.4 is 0 Å². The summed E-state index contributed by atoms with van der Waals surface area (Å²) in [6.45, 7) is 14.1. The maximum absolute atomic E-state index is 5.03. The lowest BCUT2D eigenvalue weighted by molar-refractivity contribution is 0.103. The van der Waals surface area contributed by atoms with Crippen LogP contribution in [0.1, 0.15) is 73.6 Å². The Kier molecular flexibility index (Phi) is 4.50. The van der Waals surface area contributed by atoms with Gasteiger partial charge in [-0.3, -0.25) is 0 Å². The molecule has 0 N–H and O–H groups in total. The fourth-order valence-corrected chi connectivity index (χ4v) is 4.97. The summed E-state index contributed by atoms with van der Waals surface area (Å²) in [4.78, 5) is 0. The fraction of sp³-hybridized carbons (Fsp3) is 0.789. The molecule has 0 aromatic rings. The predicted octanol–water partition coefficient (Wildman–Crippen LogP) is 6.19. The summed E-state index contributed by atoms with van der Waals surface area (Å²) in [7, 11) is 0. The smallest absolute Gasteiger partial charge is 0.0138 e. The molecule has 0 saturated heterocycles. The Balaban J connectivity index is 2.39. The van der Waals surface area contributed by atoms with Gasteiger partial charge in [0.1, 0.15) is 0 Å². The van der Waals surface area contributed by atoms with E-state index in [0.717, 1.165) is 5.92 Å². The largest absolute Gasteiger partial charge is 0.172 e. The highest BCUT2D eigenvalue weighted by atomic mass is 32.1. The van der Waals surface area contributed by atoms with Crippen molar-refractivity contribution in [2.45, 2.75) is 78.4 Å². The van der Waals surface area contributed by atoms with E-state index in [2.05, 4.69) is 47.6 Å². The number of thiol groups is 1. The van der Waals surface area contributed by atoms with E-state index in [1.807, 2.05) is 0 Å². The Morgan fingerprint density at radius 3 is 2.55 bits per heavy atom. The van der Waals surface area contributed by atoms with Crippen molar-refractivity contribution in [3.63, 3.8) is 0 Å². The zero-order chi connectivity index (χ0) is 15.1. The van der Waals surface area contributed by atoms with Crippen molar-refractivity contribution in [3.05, 3.63) is 22.8 Å². The molecule has 20 heavy (non-hydrogen) atoms. The maximum atomic E-state index is 5.03. The third-order valence-electron chi connectivity index (χ3n) is 6.25. The van der Waals surface area contributed by atoms with Crippen LogP contribution in [0.4, 0.5) is 0 Å². The van der Waals surface area contributed by atoms with Gasteiger partial charge in [-0.05, 0) is 62.4 Å². The monoisotopic (exact) mass is 292 g/mol. The average Bonchev–Trinajstić information content (AvgIpc) is 2.33. The Labute approximate surface area is 131 Å². The van der Waals surface area contributed by atoms with Gasteiger partial charge in [0.15, 0.2) is 0 Å². The second-order valence-electron chi connectivity index (χ2n) is 7.91. The normalized spacial score (nSPS) is 39.2. The molecule has 0 amide bonds. The Morgan fingerprint density at radius 1 is 1.30 bits per heavy atom. The van der Waals surface area contributed by atoms with E-state index in [1.54, 1.807) is 11.1 Å². The first-order chi connectivity index (χ1) is 9.18. The lowest BCUT2D eigenvalue weighted by Gasteiger charge is -2.54. The van der Waals surface area contributed by atoms with Crippen LogP contribution in [0.5, 0.6) is 0 Å². The minimum Gasteiger partial charge on any atom is -0.172 e. The maximum Gasteiger partial charge on any atom is 0.0138 e. The van der Waals surface area contributed by atoms with E-state index in [-0.39, 0.29) is 4.75 Å². The van der Waals surface area contributed by atoms with Gasteiger partial charge in [0, 0.05) is 4.75 Å². The minimum atomic E-state index is 0.219. The van der Waals surface area contributed by atoms with E-state index < -0.39 is 0 Å². The van der Waals surface area contributed by atoms with Crippen molar-refractivity contribution in [1.82, 2.24) is 0 Å². The van der Waals surface area contributed by atoms with Gasteiger partial charge in [-0.25, -0.2) is 0 Å². The molecule has 0 aromatic heterocycles. The fourth-order valence-electron chi connectivity index (χ4n) is 4.40. The predicted molar refractivity (Wildman–Crippen MR) is 93.4 cm³/mol. The minimum absolute atomic E-state index is 0.219. The van der Waals surface area contributed by atoms with Crippen molar-refractivity contribution in [2.75, 3.05) is 0 Å². The Hall–Kier alpha value is -0.170. The van der Waals surface area contributed by atoms with Gasteiger partial charge in [-0.1, -0.05) is 51.3 Å². The summed E-state index contributed by atoms with van der Waals surface area (Å²) in [5, 5.41) is 0. The van der Waals surface area contributed by atoms with Crippen LogP contribution in [0.3, 0.4) is 0 Å². The Morgan fingerprint density at radius 2 is 1.95 bits per heavy atom. The Bertz CT molecular complexity index is 439. The van der Waals surface area contributed by atoms with Gasteiger partial charge in [-0.15, -0.1) is 0 Å². The van der Waals surface area contributed by atoms with Crippen LogP contribution in [0.2, 0.25) is 0 Å². The highest BCUT2D eigenvalue weighted by Crippen LogP contribution is 2.58. The van der Waals surface area contributed by atoms with Crippen molar-refractivity contribution in [3.8, 4) is 0 Å². The molecule has 3 atom stereocenters. The van der Waals surface area contributed by atoms with E-state index in [9.17, 15) is 0 Å². The topological polar surface area (TPSA) is 0 Å². The van der Waals surface area contributed by atoms with Crippen molar-refractivity contribution in [2.24, 2.45) is 17.3 Å². The number of hydrogen-bond acceptors (Lipinski definition) is 1. The van der Waals surface area contributed by atoms with E-state index in [0.29, 0.717) is 11.3 Å². The molecule has 0 heterocycles. The van der Waals surface area contributed by atoms with E-state index >= 15 is 0 Å². The third kappa shape index (κ3) is 2.75. The van der Waals surface area contributed by atoms with Gasteiger partial charge in [0.2, 0.25) is 0 Å². The van der Waals surface area contributed by atoms with E-state index in [4.69, 9.17) is 12.6 Å². The molecule has 1 heteroatoms. The van der Waals surface area contributed by atoms with E-state index in [1.165, 1.54) is 37.7 Å². The third-order valence-corrected chi connectivity index (χ3v) is 6.79. The molecule has 1 fully saturated rings. The molecule has 0 radical (unpaired) electrons. The van der Waals surface area contributed by atoms with Crippen molar-refractivity contribution >= 4 is 12.6 Å². The highest BCUT2D eigenvalue weighted by molar-refractivity contribution is 7.81. The molecule has 2 rings (SSSR count). The van der Waals surface area contributed by atoms with Crippen LogP contribution in [0.25, 0.3) is 0 Å². The SMILES string of the molecule is CC1=C(/C=C(\C)C(C)C)CCC2C(C)(S)CCCC12C. The summed E-state index contributed by atoms with van der Waals surface area (Å²) in [5.74, 6) is 1.39. The quantitative estimate of drug-likeness (QED) is 0.576. The molecule has 0 nitrogen and oxygen atoms in total. The zero-order valence-corrected chi connectivity index (χ0v) is 15.1. The molecule has 2 aliphatic carbocycles. The molecule has 0 bridgehead atoms. The van der Waals surface area contributed by atoms with Crippen LogP contribution in [-0.2, 0) is 0 Å². The van der Waals surface area contributed by atoms with Crippen LogP contribution >= 0.6 is 12.6 Å². The lowest BCUT2D eigenvalue weighted by Crippen LogP contribution is -2.47. The standard InChI is InChI=1S/C19H32S/c1-13(2)14(3)12-16-8-9-17-18(5,15(16)4)10-7-11-19(17,6)20/h12-13,17,20H,7-11H2,1-6H3/b14-12+. The molecule has 0 aromatic carbocycles.